The number of nitrogens with zero attached hydrogens (tertiary/aromatic N) is 4. The Morgan fingerprint density at radius 2 is 1.71 bits per heavy atom. The molecule has 0 spiro atoms. The zero-order chi connectivity index (χ0) is 26.9. The van der Waals surface area contributed by atoms with Crippen molar-refractivity contribution in [3.63, 3.8) is 0 Å². The van der Waals surface area contributed by atoms with Gasteiger partial charge in [-0.1, -0.05) is 0 Å². The van der Waals surface area contributed by atoms with Crippen molar-refractivity contribution in [1.82, 2.24) is 19.7 Å². The van der Waals surface area contributed by atoms with Gasteiger partial charge in [0.25, 0.3) is 5.91 Å². The third-order valence-electron chi connectivity index (χ3n) is 7.38. The molecule has 1 atom stereocenters. The highest BCUT2D eigenvalue weighted by Crippen LogP contribution is 2.35. The molecule has 38 heavy (non-hydrogen) atoms. The van der Waals surface area contributed by atoms with E-state index in [0.717, 1.165) is 61.6 Å². The number of carbonyl (C=O) groups is 2. The number of fused-ring (bicyclic) bond motifs is 1. The number of rotatable bonds is 3. The number of pyridine rings is 1. The van der Waals surface area contributed by atoms with Gasteiger partial charge in [-0.2, -0.15) is 0 Å². The van der Waals surface area contributed by atoms with E-state index in [4.69, 9.17) is 14.2 Å². The van der Waals surface area contributed by atoms with Gasteiger partial charge in [-0.25, -0.2) is 4.79 Å². The monoisotopic (exact) mass is 522 g/mol. The summed E-state index contributed by atoms with van der Waals surface area (Å²) in [5.74, 6) is 1.07. The van der Waals surface area contributed by atoms with Crippen LogP contribution in [0, 0.1) is 5.92 Å². The van der Waals surface area contributed by atoms with E-state index < -0.39 is 5.60 Å². The van der Waals surface area contributed by atoms with Gasteiger partial charge in [-0.15, -0.1) is 0 Å². The Bertz CT molecular complexity index is 1150. The van der Waals surface area contributed by atoms with Crippen LogP contribution in [0.4, 0.5) is 4.79 Å². The fraction of sp³-hybridized carbons (Fsp3) is 0.552. The van der Waals surface area contributed by atoms with Crippen LogP contribution in [0.2, 0.25) is 0 Å². The minimum atomic E-state index is -0.494. The number of piperazine rings is 1. The van der Waals surface area contributed by atoms with Gasteiger partial charge in [0.1, 0.15) is 11.4 Å². The Balaban J connectivity index is 1.17. The van der Waals surface area contributed by atoms with Crippen LogP contribution in [0.25, 0.3) is 11.3 Å². The van der Waals surface area contributed by atoms with Crippen molar-refractivity contribution >= 4 is 12.0 Å². The minimum Gasteiger partial charge on any atom is -0.464 e. The molecule has 1 unspecified atom stereocenters. The summed E-state index contributed by atoms with van der Waals surface area (Å²) in [6.07, 6.45) is 2.69. The summed E-state index contributed by atoms with van der Waals surface area (Å²) in [5, 5.41) is 0. The van der Waals surface area contributed by atoms with Crippen molar-refractivity contribution in [2.24, 2.45) is 5.92 Å². The highest BCUT2D eigenvalue weighted by molar-refractivity contribution is 5.94. The smallest absolute Gasteiger partial charge is 0.410 e. The van der Waals surface area contributed by atoms with Gasteiger partial charge in [-0.3, -0.25) is 9.78 Å². The first-order valence-electron chi connectivity index (χ1n) is 13.5. The molecule has 5 rings (SSSR count). The predicted octanol–water partition coefficient (Wildman–Crippen LogP) is 4.02. The summed E-state index contributed by atoms with van der Waals surface area (Å²) < 4.78 is 17.8. The topological polar surface area (TPSA) is 84.4 Å². The number of aromatic nitrogens is 1. The average Bonchev–Trinajstić information content (AvgIpc) is 2.92. The first-order valence-corrected chi connectivity index (χ1v) is 13.5. The normalized spacial score (nSPS) is 21.0. The van der Waals surface area contributed by atoms with Gasteiger partial charge < -0.3 is 28.9 Å². The number of ether oxygens (including phenoxy) is 3. The van der Waals surface area contributed by atoms with Gasteiger partial charge in [-0.05, 0) is 71.0 Å². The molecule has 3 aliphatic heterocycles. The second kappa shape index (κ2) is 10.9. The van der Waals surface area contributed by atoms with Crippen molar-refractivity contribution in [2.45, 2.75) is 52.1 Å². The number of amides is 2. The number of likely N-dealkylation sites (N-methyl/N-ethyl adjacent to an activating group) is 1. The zero-order valence-corrected chi connectivity index (χ0v) is 22.8. The van der Waals surface area contributed by atoms with Gasteiger partial charge in [0, 0.05) is 62.5 Å². The summed E-state index contributed by atoms with van der Waals surface area (Å²) in [6.45, 7) is 10.6. The number of likely N-dealkylation sites (tertiary alicyclic amines) is 1. The second-order valence-electron chi connectivity index (χ2n) is 11.5. The first kappa shape index (κ1) is 26.4. The van der Waals surface area contributed by atoms with Crippen LogP contribution in [-0.4, -0.2) is 89.9 Å². The van der Waals surface area contributed by atoms with E-state index in [1.54, 1.807) is 11.1 Å². The van der Waals surface area contributed by atoms with Crippen LogP contribution in [0.1, 0.15) is 49.5 Å². The summed E-state index contributed by atoms with van der Waals surface area (Å²) in [4.78, 5) is 35.6. The first-order chi connectivity index (χ1) is 18.2. The summed E-state index contributed by atoms with van der Waals surface area (Å²) in [5.41, 5.74) is 2.86. The molecule has 0 saturated carbocycles. The Hall–Kier alpha value is -3.17. The minimum absolute atomic E-state index is 0.0346. The van der Waals surface area contributed by atoms with E-state index in [-0.39, 0.29) is 24.2 Å². The largest absolute Gasteiger partial charge is 0.464 e. The van der Waals surface area contributed by atoms with Crippen LogP contribution >= 0.6 is 0 Å². The second-order valence-corrected chi connectivity index (χ2v) is 11.5. The number of hydrogen-bond donors (Lipinski definition) is 0. The summed E-state index contributed by atoms with van der Waals surface area (Å²) in [6, 6.07) is 9.77. The molecular weight excluding hydrogens is 484 g/mol. The molecule has 2 amide bonds. The standard InChI is InChI=1S/C29H38N4O5/c1-29(2,3)38-28(35)33-11-9-20(10-12-33)27-36-19-23-17-21(6-8-25(23)37-27)24-7-5-22(18-30-24)26(34)32-15-13-31(4)14-16-32/h5-8,17-18,20,27H,9-16,19H2,1-4H3. The molecule has 9 nitrogen and oxygen atoms in total. The third kappa shape index (κ3) is 6.10. The average molecular weight is 523 g/mol. The molecule has 3 aliphatic rings. The maximum Gasteiger partial charge on any atom is 0.410 e. The number of benzene rings is 1. The molecule has 9 heteroatoms. The molecule has 2 saturated heterocycles. The Labute approximate surface area is 224 Å². The quantitative estimate of drug-likeness (QED) is 0.602. The van der Waals surface area contributed by atoms with Crippen LogP contribution in [0.5, 0.6) is 5.75 Å². The van der Waals surface area contributed by atoms with Crippen LogP contribution in [0.3, 0.4) is 0 Å². The van der Waals surface area contributed by atoms with Crippen LogP contribution < -0.4 is 4.74 Å². The maximum atomic E-state index is 12.8. The molecule has 1 aromatic heterocycles. The van der Waals surface area contributed by atoms with E-state index in [1.807, 2.05) is 56.0 Å². The molecule has 0 radical (unpaired) electrons. The van der Waals surface area contributed by atoms with Gasteiger partial charge >= 0.3 is 6.09 Å². The third-order valence-corrected chi connectivity index (χ3v) is 7.38. The predicted molar refractivity (Wildman–Crippen MR) is 143 cm³/mol. The lowest BCUT2D eigenvalue weighted by molar-refractivity contribution is -0.149. The van der Waals surface area contributed by atoms with Crippen molar-refractivity contribution < 1.29 is 23.8 Å². The zero-order valence-electron chi connectivity index (χ0n) is 22.8. The lowest BCUT2D eigenvalue weighted by atomic mass is 9.95. The van der Waals surface area contributed by atoms with Gasteiger partial charge in [0.15, 0.2) is 0 Å². The molecule has 0 aliphatic carbocycles. The molecule has 0 bridgehead atoms. The fourth-order valence-corrected chi connectivity index (χ4v) is 5.09. The molecule has 4 heterocycles. The van der Waals surface area contributed by atoms with E-state index in [1.165, 1.54) is 0 Å². The lowest BCUT2D eigenvalue weighted by Gasteiger charge is -2.38. The number of piperidine rings is 1. The molecule has 0 N–H and O–H groups in total. The van der Waals surface area contributed by atoms with E-state index >= 15 is 0 Å². The van der Waals surface area contributed by atoms with Crippen molar-refractivity contribution in [3.05, 3.63) is 47.7 Å². The Kier molecular flexibility index (Phi) is 7.59. The maximum absolute atomic E-state index is 12.8. The van der Waals surface area contributed by atoms with Gasteiger partial charge in [0.2, 0.25) is 6.29 Å². The fourth-order valence-electron chi connectivity index (χ4n) is 5.09. The van der Waals surface area contributed by atoms with Crippen molar-refractivity contribution in [3.8, 4) is 17.0 Å². The molecule has 2 aromatic rings. The highest BCUT2D eigenvalue weighted by atomic mass is 16.7. The molecule has 1 aromatic carbocycles. The van der Waals surface area contributed by atoms with Crippen LogP contribution in [-0.2, 0) is 16.1 Å². The molecule has 2 fully saturated rings. The summed E-state index contributed by atoms with van der Waals surface area (Å²) >= 11 is 0. The van der Waals surface area contributed by atoms with Crippen LogP contribution in [0.15, 0.2) is 36.5 Å². The Morgan fingerprint density at radius 1 is 0.974 bits per heavy atom. The molecule has 204 valence electrons. The summed E-state index contributed by atoms with van der Waals surface area (Å²) in [7, 11) is 2.07. The van der Waals surface area contributed by atoms with Crippen molar-refractivity contribution in [1.29, 1.82) is 0 Å². The SMILES string of the molecule is CN1CCN(C(=O)c2ccc(-c3ccc4c(c3)COC(C3CCN(C(=O)OC(C)(C)C)CC3)O4)nc2)CC1. The van der Waals surface area contributed by atoms with Crippen molar-refractivity contribution in [2.75, 3.05) is 46.3 Å². The number of hydrogen-bond acceptors (Lipinski definition) is 7. The van der Waals surface area contributed by atoms with E-state index in [2.05, 4.69) is 16.9 Å². The van der Waals surface area contributed by atoms with E-state index in [9.17, 15) is 9.59 Å². The lowest BCUT2D eigenvalue weighted by Crippen LogP contribution is -2.47. The number of carbonyl (C=O) groups excluding carboxylic acids is 2. The van der Waals surface area contributed by atoms with E-state index in [0.29, 0.717) is 25.3 Å². The molecular formula is C29H38N4O5. The Morgan fingerprint density at radius 3 is 2.37 bits per heavy atom. The van der Waals surface area contributed by atoms with Gasteiger partial charge in [0.05, 0.1) is 17.9 Å². The highest BCUT2D eigenvalue weighted by Gasteiger charge is 2.34.